The fourth-order valence-electron chi connectivity index (χ4n) is 2.35. The molecule has 2 N–H and O–H groups in total. The van der Waals surface area contributed by atoms with Gasteiger partial charge in [-0.3, -0.25) is 10.1 Å². The maximum atomic E-state index is 12.2. The average Bonchev–Trinajstić information content (AvgIpc) is 3.25. The van der Waals surface area contributed by atoms with Gasteiger partial charge >= 0.3 is 12.0 Å². The van der Waals surface area contributed by atoms with E-state index in [9.17, 15) is 14.4 Å². The van der Waals surface area contributed by atoms with Crippen LogP contribution in [0.25, 0.3) is 0 Å². The Bertz CT molecular complexity index is 834. The average molecular weight is 418 g/mol. The highest BCUT2D eigenvalue weighted by atomic mass is 16.5. The molecule has 1 aromatic heterocycles. The summed E-state index contributed by atoms with van der Waals surface area (Å²) in [6.45, 7) is 4.35. The summed E-state index contributed by atoms with van der Waals surface area (Å²) < 4.78 is 21.2. The number of rotatable bonds is 11. The topological polar surface area (TPSA) is 116 Å². The van der Waals surface area contributed by atoms with Crippen LogP contribution in [0.2, 0.25) is 0 Å². The van der Waals surface area contributed by atoms with Gasteiger partial charge in [0.2, 0.25) is 0 Å². The maximum absolute atomic E-state index is 12.2. The molecular weight excluding hydrogens is 392 g/mol. The molecule has 2 rings (SSSR count). The third-order valence-electron chi connectivity index (χ3n) is 3.83. The van der Waals surface area contributed by atoms with E-state index in [2.05, 4.69) is 17.6 Å². The van der Waals surface area contributed by atoms with Gasteiger partial charge in [0.1, 0.15) is 5.76 Å². The number of esters is 1. The van der Waals surface area contributed by atoms with Gasteiger partial charge in [-0.2, -0.15) is 0 Å². The van der Waals surface area contributed by atoms with Crippen LogP contribution in [-0.4, -0.2) is 37.7 Å². The van der Waals surface area contributed by atoms with Gasteiger partial charge in [-0.15, -0.1) is 0 Å². The van der Waals surface area contributed by atoms with Crippen molar-refractivity contribution in [1.29, 1.82) is 0 Å². The maximum Gasteiger partial charge on any atom is 0.338 e. The molecule has 0 bridgehead atoms. The zero-order valence-electron chi connectivity index (χ0n) is 17.1. The number of hydrogen-bond donors (Lipinski definition) is 2. The largest absolute Gasteiger partial charge is 0.490 e. The number of imide groups is 1. The summed E-state index contributed by atoms with van der Waals surface area (Å²) in [5.74, 6) is 0.0148. The molecule has 162 valence electrons. The number of benzene rings is 1. The van der Waals surface area contributed by atoms with Crippen LogP contribution in [0.15, 0.2) is 41.0 Å². The Labute approximate surface area is 174 Å². The van der Waals surface area contributed by atoms with Crippen molar-refractivity contribution in [2.45, 2.75) is 33.2 Å². The molecule has 0 aliphatic heterocycles. The molecule has 0 unspecified atom stereocenters. The second-order valence-corrected chi connectivity index (χ2v) is 6.18. The molecule has 2 aromatic rings. The van der Waals surface area contributed by atoms with Crippen LogP contribution in [0.1, 0.15) is 42.8 Å². The van der Waals surface area contributed by atoms with Crippen LogP contribution in [0.5, 0.6) is 11.5 Å². The Kier molecular flexibility index (Phi) is 9.23. The minimum absolute atomic E-state index is 0.124. The fourth-order valence-corrected chi connectivity index (χ4v) is 2.35. The summed E-state index contributed by atoms with van der Waals surface area (Å²) in [5.41, 5.74) is 0.205. The summed E-state index contributed by atoms with van der Waals surface area (Å²) in [4.78, 5) is 35.7. The molecule has 0 aliphatic rings. The summed E-state index contributed by atoms with van der Waals surface area (Å²) in [6.07, 6.45) is 3.37. The highest BCUT2D eigenvalue weighted by Gasteiger charge is 2.15. The number of ether oxygens (including phenoxy) is 3. The molecule has 0 spiro atoms. The van der Waals surface area contributed by atoms with Crippen molar-refractivity contribution in [2.75, 3.05) is 19.8 Å². The molecular formula is C21H26N2O7. The van der Waals surface area contributed by atoms with Gasteiger partial charge in [0, 0.05) is 0 Å². The lowest BCUT2D eigenvalue weighted by molar-refractivity contribution is -0.123. The zero-order valence-corrected chi connectivity index (χ0v) is 17.1. The molecule has 3 amide bonds. The fraction of sp³-hybridized carbons (Fsp3) is 0.381. The molecule has 30 heavy (non-hydrogen) atoms. The van der Waals surface area contributed by atoms with Crippen molar-refractivity contribution < 1.29 is 33.0 Å². The smallest absolute Gasteiger partial charge is 0.338 e. The van der Waals surface area contributed by atoms with E-state index in [0.717, 1.165) is 12.8 Å². The molecule has 9 heteroatoms. The van der Waals surface area contributed by atoms with E-state index in [1.165, 1.54) is 18.4 Å². The van der Waals surface area contributed by atoms with Crippen LogP contribution in [0, 0.1) is 0 Å². The predicted molar refractivity (Wildman–Crippen MR) is 107 cm³/mol. The Hall–Kier alpha value is -3.49. The molecule has 1 aromatic carbocycles. The normalized spacial score (nSPS) is 10.2. The first-order valence-corrected chi connectivity index (χ1v) is 9.70. The van der Waals surface area contributed by atoms with Crippen molar-refractivity contribution in [1.82, 2.24) is 10.6 Å². The lowest BCUT2D eigenvalue weighted by Crippen LogP contribution is -2.41. The summed E-state index contributed by atoms with van der Waals surface area (Å²) in [5, 5.41) is 4.51. The summed E-state index contributed by atoms with van der Waals surface area (Å²) in [7, 11) is 0. The number of nitrogens with one attached hydrogen (secondary N) is 2. The molecule has 1 heterocycles. The highest BCUT2D eigenvalue weighted by Crippen LogP contribution is 2.29. The Morgan fingerprint density at radius 2 is 1.90 bits per heavy atom. The number of carbonyl (C=O) groups excluding carboxylic acids is 3. The van der Waals surface area contributed by atoms with E-state index in [-0.39, 0.29) is 12.1 Å². The third kappa shape index (κ3) is 7.50. The van der Waals surface area contributed by atoms with E-state index >= 15 is 0 Å². The van der Waals surface area contributed by atoms with Crippen LogP contribution in [0.3, 0.4) is 0 Å². The SMILES string of the molecule is CCCCOc1ccc(C(=O)OCC(=O)NC(=O)NCc2ccco2)cc1OCC. The van der Waals surface area contributed by atoms with E-state index in [4.69, 9.17) is 18.6 Å². The number of carbonyl (C=O) groups is 3. The van der Waals surface area contributed by atoms with Gasteiger partial charge in [-0.25, -0.2) is 9.59 Å². The quantitative estimate of drug-likeness (QED) is 0.426. The first-order chi connectivity index (χ1) is 14.5. The van der Waals surface area contributed by atoms with Crippen molar-refractivity contribution >= 4 is 17.9 Å². The van der Waals surface area contributed by atoms with Gasteiger partial charge < -0.3 is 23.9 Å². The van der Waals surface area contributed by atoms with Gasteiger partial charge in [-0.1, -0.05) is 13.3 Å². The van der Waals surface area contributed by atoms with Crippen molar-refractivity contribution in [2.24, 2.45) is 0 Å². The second kappa shape index (κ2) is 12.2. The Balaban J connectivity index is 1.83. The van der Waals surface area contributed by atoms with Crippen LogP contribution >= 0.6 is 0 Å². The Morgan fingerprint density at radius 1 is 1.07 bits per heavy atom. The lowest BCUT2D eigenvalue weighted by Gasteiger charge is -2.13. The lowest BCUT2D eigenvalue weighted by atomic mass is 10.2. The minimum atomic E-state index is -0.759. The van der Waals surface area contributed by atoms with Crippen molar-refractivity contribution in [3.63, 3.8) is 0 Å². The van der Waals surface area contributed by atoms with Gasteiger partial charge in [0.15, 0.2) is 18.1 Å². The molecule has 0 saturated carbocycles. The molecule has 9 nitrogen and oxygen atoms in total. The van der Waals surface area contributed by atoms with Gasteiger partial charge in [0.25, 0.3) is 5.91 Å². The predicted octanol–water partition coefficient (Wildman–Crippen LogP) is 3.04. The number of urea groups is 1. The standard InChI is InChI=1S/C21H26N2O7/c1-3-5-10-29-17-9-8-15(12-18(17)27-4-2)20(25)30-14-19(24)23-21(26)22-13-16-7-6-11-28-16/h6-9,11-12H,3-5,10,13-14H2,1-2H3,(H2,22,23,24,26). The monoisotopic (exact) mass is 418 g/mol. The molecule has 0 aliphatic carbocycles. The van der Waals surface area contributed by atoms with E-state index in [1.807, 2.05) is 6.92 Å². The van der Waals surface area contributed by atoms with Crippen molar-refractivity contribution in [3.8, 4) is 11.5 Å². The third-order valence-corrected chi connectivity index (χ3v) is 3.83. The molecule has 0 radical (unpaired) electrons. The summed E-state index contributed by atoms with van der Waals surface area (Å²) >= 11 is 0. The van der Waals surface area contributed by atoms with E-state index < -0.39 is 24.5 Å². The van der Waals surface area contributed by atoms with Crippen molar-refractivity contribution in [3.05, 3.63) is 47.9 Å². The first-order valence-electron chi connectivity index (χ1n) is 9.70. The van der Waals surface area contributed by atoms with Crippen LogP contribution < -0.4 is 20.1 Å². The number of hydrogen-bond acceptors (Lipinski definition) is 7. The van der Waals surface area contributed by atoms with Crippen LogP contribution in [0.4, 0.5) is 4.79 Å². The van der Waals surface area contributed by atoms with Crippen LogP contribution in [-0.2, 0) is 16.1 Å². The molecule has 0 saturated heterocycles. The second-order valence-electron chi connectivity index (χ2n) is 6.18. The minimum Gasteiger partial charge on any atom is -0.490 e. The van der Waals surface area contributed by atoms with Gasteiger partial charge in [0.05, 0.1) is 31.6 Å². The highest BCUT2D eigenvalue weighted by molar-refractivity contribution is 5.97. The van der Waals surface area contributed by atoms with E-state index in [1.54, 1.807) is 18.2 Å². The van der Waals surface area contributed by atoms with Gasteiger partial charge in [-0.05, 0) is 43.7 Å². The van der Waals surface area contributed by atoms with E-state index in [0.29, 0.717) is 30.5 Å². The first kappa shape index (κ1) is 22.8. The number of furan rings is 1. The number of amides is 3. The zero-order chi connectivity index (χ0) is 21.8. The molecule has 0 fully saturated rings. The number of unbranched alkanes of at least 4 members (excludes halogenated alkanes) is 1. The molecule has 0 atom stereocenters. The Morgan fingerprint density at radius 3 is 2.60 bits per heavy atom. The summed E-state index contributed by atoms with van der Waals surface area (Å²) in [6, 6.07) is 7.29.